The Labute approximate surface area is 463 Å². The SMILES string of the molecule is CC/C=C/C=C/C=C/CCCCCCCCCC(=O)OC1C(OCC(NC(=O)C(O)CCCCCC/C=C\C/C=C\C/C=C\C/C=C\CCCCC)C(O)/C=C/CCCCCCCCCCCC)OC(CO)C(O)C1O. The number of rotatable bonds is 50. The van der Waals surface area contributed by atoms with Gasteiger partial charge in [-0.1, -0.05) is 240 Å². The Morgan fingerprint density at radius 3 is 1.55 bits per heavy atom. The van der Waals surface area contributed by atoms with E-state index in [0.29, 0.717) is 12.8 Å². The van der Waals surface area contributed by atoms with Crippen LogP contribution in [0.25, 0.3) is 0 Å². The molecule has 1 aliphatic heterocycles. The van der Waals surface area contributed by atoms with Gasteiger partial charge in [0.2, 0.25) is 5.91 Å². The van der Waals surface area contributed by atoms with Gasteiger partial charge in [0.05, 0.1) is 25.4 Å². The average Bonchev–Trinajstić information content (AvgIpc) is 3.42. The third kappa shape index (κ3) is 39.9. The van der Waals surface area contributed by atoms with Crippen LogP contribution in [0.15, 0.2) is 97.2 Å². The minimum absolute atomic E-state index is 0.103. The van der Waals surface area contributed by atoms with Gasteiger partial charge in [-0.15, -0.1) is 0 Å². The molecule has 436 valence electrons. The van der Waals surface area contributed by atoms with E-state index in [2.05, 4.69) is 105 Å². The number of allylic oxidation sites excluding steroid dienone is 15. The van der Waals surface area contributed by atoms with Crippen LogP contribution in [-0.4, -0.2) is 99.6 Å². The van der Waals surface area contributed by atoms with Gasteiger partial charge in [-0.25, -0.2) is 0 Å². The second kappa shape index (κ2) is 52.3. The first-order chi connectivity index (χ1) is 37.2. The van der Waals surface area contributed by atoms with Crippen LogP contribution in [0.4, 0.5) is 0 Å². The molecule has 0 aromatic heterocycles. The van der Waals surface area contributed by atoms with E-state index in [9.17, 15) is 35.1 Å². The summed E-state index contributed by atoms with van der Waals surface area (Å²) < 4.78 is 17.6. The van der Waals surface area contributed by atoms with E-state index in [1.54, 1.807) is 6.08 Å². The molecule has 1 saturated heterocycles. The number of nitrogens with one attached hydrogen (secondary N) is 1. The highest BCUT2D eigenvalue weighted by molar-refractivity contribution is 5.80. The number of hydrogen-bond acceptors (Lipinski definition) is 10. The second-order valence-corrected chi connectivity index (χ2v) is 20.8. The number of carbonyl (C=O) groups excluding carboxylic acids is 2. The van der Waals surface area contributed by atoms with E-state index in [1.165, 1.54) is 70.6 Å². The maximum absolute atomic E-state index is 13.4. The minimum Gasteiger partial charge on any atom is -0.454 e. The highest BCUT2D eigenvalue weighted by Crippen LogP contribution is 2.26. The van der Waals surface area contributed by atoms with Crippen molar-refractivity contribution in [3.8, 4) is 0 Å². The summed E-state index contributed by atoms with van der Waals surface area (Å²) in [7, 11) is 0. The molecule has 6 N–H and O–H groups in total. The van der Waals surface area contributed by atoms with Gasteiger partial charge in [0.1, 0.15) is 24.4 Å². The Morgan fingerprint density at radius 1 is 0.539 bits per heavy atom. The van der Waals surface area contributed by atoms with Crippen LogP contribution in [0, 0.1) is 0 Å². The third-order valence-corrected chi connectivity index (χ3v) is 13.8. The normalized spacial score (nSPS) is 19.8. The van der Waals surface area contributed by atoms with Gasteiger partial charge in [-0.2, -0.15) is 0 Å². The van der Waals surface area contributed by atoms with E-state index in [4.69, 9.17) is 14.2 Å². The van der Waals surface area contributed by atoms with Crippen molar-refractivity contribution in [3.63, 3.8) is 0 Å². The van der Waals surface area contributed by atoms with Crippen LogP contribution in [0.2, 0.25) is 0 Å². The summed E-state index contributed by atoms with van der Waals surface area (Å²) >= 11 is 0. The van der Waals surface area contributed by atoms with Gasteiger partial charge in [-0.3, -0.25) is 9.59 Å². The Bertz CT molecular complexity index is 1600. The monoisotopic (exact) mass is 1070 g/mol. The molecule has 0 aliphatic carbocycles. The van der Waals surface area contributed by atoms with Gasteiger partial charge >= 0.3 is 5.97 Å². The van der Waals surface area contributed by atoms with E-state index in [1.807, 2.05) is 12.2 Å². The molecule has 11 nitrogen and oxygen atoms in total. The molecule has 0 radical (unpaired) electrons. The van der Waals surface area contributed by atoms with Crippen molar-refractivity contribution in [1.29, 1.82) is 0 Å². The largest absolute Gasteiger partial charge is 0.454 e. The number of hydrogen-bond donors (Lipinski definition) is 6. The molecule has 76 heavy (non-hydrogen) atoms. The number of ether oxygens (including phenoxy) is 3. The summed E-state index contributed by atoms with van der Waals surface area (Å²) in [5.41, 5.74) is 0. The van der Waals surface area contributed by atoms with Gasteiger partial charge in [0.15, 0.2) is 12.4 Å². The molecule has 8 unspecified atom stereocenters. The molecule has 1 rings (SSSR count). The molecule has 1 heterocycles. The lowest BCUT2D eigenvalue weighted by Gasteiger charge is -2.41. The molecule has 1 amide bonds. The molecular weight excluding hydrogens is 955 g/mol. The van der Waals surface area contributed by atoms with Crippen LogP contribution >= 0.6 is 0 Å². The average molecular weight is 1070 g/mol. The molecule has 11 heteroatoms. The first-order valence-corrected chi connectivity index (χ1v) is 30.5. The van der Waals surface area contributed by atoms with Gasteiger partial charge in [0.25, 0.3) is 0 Å². The maximum Gasteiger partial charge on any atom is 0.306 e. The minimum atomic E-state index is -1.63. The summed E-state index contributed by atoms with van der Waals surface area (Å²) in [5, 5.41) is 56.9. The summed E-state index contributed by atoms with van der Waals surface area (Å²) in [4.78, 5) is 26.5. The van der Waals surface area contributed by atoms with E-state index in [-0.39, 0.29) is 19.4 Å². The van der Waals surface area contributed by atoms with E-state index < -0.39 is 67.4 Å². The van der Waals surface area contributed by atoms with E-state index >= 15 is 0 Å². The predicted octanol–water partition coefficient (Wildman–Crippen LogP) is 14.3. The lowest BCUT2D eigenvalue weighted by molar-refractivity contribution is -0.305. The Kier molecular flexibility index (Phi) is 48.6. The number of amides is 1. The van der Waals surface area contributed by atoms with Gasteiger partial charge < -0.3 is 45.1 Å². The molecule has 8 atom stereocenters. The summed E-state index contributed by atoms with van der Waals surface area (Å²) in [6.07, 6.45) is 58.7. The molecule has 0 spiro atoms. The highest BCUT2D eigenvalue weighted by Gasteiger charge is 2.47. The molecule has 0 bridgehead atoms. The highest BCUT2D eigenvalue weighted by atomic mass is 16.7. The zero-order chi connectivity index (χ0) is 55.4. The fraction of sp³-hybridized carbons (Fsp3) is 0.723. The standard InChI is InChI=1S/C65H111NO10/c1-4-7-10-13-16-19-22-25-27-28-29-30-31-33-34-37-40-43-46-49-52-58(69)64(73)66-56(57(68)51-48-45-42-39-36-24-21-18-15-12-9-6-3)55-74-65-63(62(72)61(71)59(54-67)75-65)76-60(70)53-50-47-44-41-38-35-32-26-23-20-17-14-11-8-5-2/h8,11,14,16-17,19-20,23,25,27,29-30,33-34,48,51,56-59,61-63,65,67-69,71-72H,4-7,9-10,12-13,15,18,21-22,24,26,28,31-32,35-47,49-50,52-55H2,1-3H3,(H,66,73)/b11-8+,17-14+,19-16-,23-20+,27-25-,30-29-,34-33-,51-48+. The Morgan fingerprint density at radius 2 is 1.00 bits per heavy atom. The molecule has 0 saturated carbocycles. The third-order valence-electron chi connectivity index (χ3n) is 13.8. The molecule has 1 fully saturated rings. The smallest absolute Gasteiger partial charge is 0.306 e. The number of unbranched alkanes of at least 4 members (excludes halogenated alkanes) is 24. The second-order valence-electron chi connectivity index (χ2n) is 20.8. The first kappa shape index (κ1) is 70.6. The van der Waals surface area contributed by atoms with Crippen LogP contribution < -0.4 is 5.32 Å². The Balaban J connectivity index is 2.72. The zero-order valence-corrected chi connectivity index (χ0v) is 48.1. The van der Waals surface area contributed by atoms with Crippen molar-refractivity contribution in [2.45, 2.75) is 288 Å². The fourth-order valence-electron chi connectivity index (χ4n) is 8.93. The van der Waals surface area contributed by atoms with Crippen LogP contribution in [0.3, 0.4) is 0 Å². The van der Waals surface area contributed by atoms with Crippen molar-refractivity contribution in [1.82, 2.24) is 5.32 Å². The van der Waals surface area contributed by atoms with E-state index in [0.717, 1.165) is 122 Å². The van der Waals surface area contributed by atoms with Crippen LogP contribution in [0.1, 0.15) is 239 Å². The summed E-state index contributed by atoms with van der Waals surface area (Å²) in [6.45, 7) is 5.60. The molecule has 0 aromatic carbocycles. The number of aliphatic hydroxyl groups is 5. The van der Waals surface area contributed by atoms with Gasteiger partial charge in [0, 0.05) is 6.42 Å². The maximum atomic E-state index is 13.4. The van der Waals surface area contributed by atoms with Crippen molar-refractivity contribution in [3.05, 3.63) is 97.2 Å². The van der Waals surface area contributed by atoms with Crippen molar-refractivity contribution < 1.29 is 49.3 Å². The van der Waals surface area contributed by atoms with Crippen LogP contribution in [0.5, 0.6) is 0 Å². The molecule has 0 aromatic rings. The van der Waals surface area contributed by atoms with Crippen LogP contribution in [-0.2, 0) is 23.8 Å². The summed E-state index contributed by atoms with van der Waals surface area (Å²) in [5.74, 6) is -1.23. The Hall–Kier alpha value is -3.42. The lowest BCUT2D eigenvalue weighted by Crippen LogP contribution is -2.61. The number of aliphatic hydroxyl groups excluding tert-OH is 5. The van der Waals surface area contributed by atoms with Crippen molar-refractivity contribution >= 4 is 11.9 Å². The predicted molar refractivity (Wildman–Crippen MR) is 315 cm³/mol. The molecular formula is C65H111NO10. The fourth-order valence-corrected chi connectivity index (χ4v) is 8.93. The van der Waals surface area contributed by atoms with Gasteiger partial charge in [-0.05, 0) is 89.9 Å². The zero-order valence-electron chi connectivity index (χ0n) is 48.1. The molecule has 1 aliphatic rings. The quantitative estimate of drug-likeness (QED) is 0.0149. The topological polar surface area (TPSA) is 175 Å². The lowest BCUT2D eigenvalue weighted by atomic mass is 9.99. The first-order valence-electron chi connectivity index (χ1n) is 30.5. The van der Waals surface area contributed by atoms with Crippen molar-refractivity contribution in [2.24, 2.45) is 0 Å². The number of esters is 1. The summed E-state index contributed by atoms with van der Waals surface area (Å²) in [6, 6.07) is -1.04. The van der Waals surface area contributed by atoms with Crippen molar-refractivity contribution in [2.75, 3.05) is 13.2 Å². The number of carbonyl (C=O) groups is 2.